The van der Waals surface area contributed by atoms with Crippen molar-refractivity contribution in [2.45, 2.75) is 0 Å². The molecule has 3 nitrogen and oxygen atoms in total. The fraction of sp³-hybridized carbons (Fsp3) is 0.167. The fourth-order valence-electron chi connectivity index (χ4n) is 1.39. The Bertz CT molecular complexity index is 453. The van der Waals surface area contributed by atoms with Gasteiger partial charge in [-0.15, -0.1) is 0 Å². The van der Waals surface area contributed by atoms with E-state index in [1.54, 1.807) is 19.2 Å². The third-order valence-corrected chi connectivity index (χ3v) is 3.44. The molecule has 1 fully saturated rings. The third kappa shape index (κ3) is 2.17. The van der Waals surface area contributed by atoms with Gasteiger partial charge in [-0.1, -0.05) is 42.1 Å². The minimum absolute atomic E-state index is 0.0390. The standard InChI is InChI=1S/C12H11NO2S/c1-13-11(15)8-16-12(13)7-10(14)9-5-3-2-4-6-9/h2-7H,8H2,1H3. The summed E-state index contributed by atoms with van der Waals surface area (Å²) in [6, 6.07) is 9.04. The zero-order valence-corrected chi connectivity index (χ0v) is 9.66. The van der Waals surface area contributed by atoms with Gasteiger partial charge in [-0.2, -0.15) is 0 Å². The van der Waals surface area contributed by atoms with Gasteiger partial charge in [-0.05, 0) is 0 Å². The molecule has 0 aliphatic carbocycles. The molecule has 1 aliphatic rings. The zero-order chi connectivity index (χ0) is 11.5. The Kier molecular flexibility index (Phi) is 3.10. The number of thioether (sulfide) groups is 1. The Labute approximate surface area is 98.1 Å². The first-order valence-electron chi connectivity index (χ1n) is 4.89. The van der Waals surface area contributed by atoms with Crippen LogP contribution in [0.1, 0.15) is 10.4 Å². The van der Waals surface area contributed by atoms with E-state index in [4.69, 9.17) is 0 Å². The molecule has 0 saturated carbocycles. The van der Waals surface area contributed by atoms with Crippen LogP contribution in [0.5, 0.6) is 0 Å². The summed E-state index contributed by atoms with van der Waals surface area (Å²) < 4.78 is 0. The van der Waals surface area contributed by atoms with Gasteiger partial charge in [-0.3, -0.25) is 9.59 Å². The van der Waals surface area contributed by atoms with Crippen molar-refractivity contribution >= 4 is 23.5 Å². The number of hydrogen-bond acceptors (Lipinski definition) is 3. The van der Waals surface area contributed by atoms with Gasteiger partial charge in [0.1, 0.15) is 0 Å². The lowest BCUT2D eigenvalue weighted by atomic mass is 10.1. The molecule has 0 atom stereocenters. The molecule has 0 unspecified atom stereocenters. The lowest BCUT2D eigenvalue weighted by Crippen LogP contribution is -2.19. The monoisotopic (exact) mass is 233 g/mol. The zero-order valence-electron chi connectivity index (χ0n) is 8.84. The van der Waals surface area contributed by atoms with E-state index in [1.165, 1.54) is 22.7 Å². The Hall–Kier alpha value is -1.55. The van der Waals surface area contributed by atoms with Gasteiger partial charge in [0.15, 0.2) is 5.78 Å². The highest BCUT2D eigenvalue weighted by Crippen LogP contribution is 2.27. The largest absolute Gasteiger partial charge is 0.309 e. The first-order chi connectivity index (χ1) is 7.68. The highest BCUT2D eigenvalue weighted by molar-refractivity contribution is 8.04. The van der Waals surface area contributed by atoms with E-state index in [-0.39, 0.29) is 11.7 Å². The average Bonchev–Trinajstić information content (AvgIpc) is 2.62. The summed E-state index contributed by atoms with van der Waals surface area (Å²) in [6.45, 7) is 0. The summed E-state index contributed by atoms with van der Waals surface area (Å²) in [5.74, 6) is 0.395. The summed E-state index contributed by atoms with van der Waals surface area (Å²) in [4.78, 5) is 24.6. The molecule has 1 aromatic rings. The highest BCUT2D eigenvalue weighted by atomic mass is 32.2. The Morgan fingerprint density at radius 1 is 1.38 bits per heavy atom. The van der Waals surface area contributed by atoms with Gasteiger partial charge in [0, 0.05) is 18.7 Å². The maximum Gasteiger partial charge on any atom is 0.237 e. The van der Waals surface area contributed by atoms with Gasteiger partial charge in [0.2, 0.25) is 5.91 Å². The molecule has 1 aromatic carbocycles. The molecule has 4 heteroatoms. The Balaban J connectivity index is 2.19. The van der Waals surface area contributed by atoms with Crippen molar-refractivity contribution in [2.24, 2.45) is 0 Å². The van der Waals surface area contributed by atoms with Crippen molar-refractivity contribution in [3.8, 4) is 0 Å². The summed E-state index contributed by atoms with van der Waals surface area (Å²) in [7, 11) is 1.69. The van der Waals surface area contributed by atoms with E-state index in [1.807, 2.05) is 18.2 Å². The minimum atomic E-state index is -0.0651. The molecule has 0 radical (unpaired) electrons. The second kappa shape index (κ2) is 4.53. The summed E-state index contributed by atoms with van der Waals surface area (Å²) in [5.41, 5.74) is 0.642. The Morgan fingerprint density at radius 2 is 2.06 bits per heavy atom. The van der Waals surface area contributed by atoms with Crippen molar-refractivity contribution in [2.75, 3.05) is 12.8 Å². The normalized spacial score (nSPS) is 18.2. The van der Waals surface area contributed by atoms with E-state index in [0.29, 0.717) is 11.3 Å². The predicted octanol–water partition coefficient (Wildman–Crippen LogP) is 1.92. The molecule has 0 spiro atoms. The number of rotatable bonds is 2. The maximum atomic E-state index is 11.8. The van der Waals surface area contributed by atoms with Gasteiger partial charge >= 0.3 is 0 Å². The van der Waals surface area contributed by atoms with Crippen LogP contribution in [0.2, 0.25) is 0 Å². The molecule has 0 N–H and O–H groups in total. The molecule has 1 saturated heterocycles. The molecular formula is C12H11NO2S. The summed E-state index contributed by atoms with van der Waals surface area (Å²) >= 11 is 1.40. The van der Waals surface area contributed by atoms with Crippen LogP contribution in [0.3, 0.4) is 0 Å². The quantitative estimate of drug-likeness (QED) is 0.578. The number of ketones is 1. The SMILES string of the molecule is CN1C(=O)CSC1=CC(=O)c1ccccc1. The lowest BCUT2D eigenvalue weighted by molar-refractivity contribution is -0.124. The van der Waals surface area contributed by atoms with E-state index >= 15 is 0 Å². The number of nitrogens with zero attached hydrogens (tertiary/aromatic N) is 1. The molecule has 1 heterocycles. The summed E-state index contributed by atoms with van der Waals surface area (Å²) in [5, 5.41) is 0.721. The van der Waals surface area contributed by atoms with E-state index in [9.17, 15) is 9.59 Å². The number of carbonyl (C=O) groups is 2. The lowest BCUT2D eigenvalue weighted by Gasteiger charge is -2.08. The van der Waals surface area contributed by atoms with Crippen LogP contribution in [0.25, 0.3) is 0 Å². The fourth-order valence-corrected chi connectivity index (χ4v) is 2.34. The number of amides is 1. The van der Waals surface area contributed by atoms with Crippen LogP contribution < -0.4 is 0 Å². The first-order valence-corrected chi connectivity index (χ1v) is 5.87. The molecule has 82 valence electrons. The van der Waals surface area contributed by atoms with Crippen molar-refractivity contribution in [3.05, 3.63) is 47.0 Å². The van der Waals surface area contributed by atoms with Crippen molar-refractivity contribution < 1.29 is 9.59 Å². The van der Waals surface area contributed by atoms with E-state index in [0.717, 1.165) is 5.03 Å². The van der Waals surface area contributed by atoms with E-state index < -0.39 is 0 Å². The average molecular weight is 233 g/mol. The second-order valence-electron chi connectivity index (χ2n) is 3.45. The van der Waals surface area contributed by atoms with Crippen LogP contribution in [-0.2, 0) is 4.79 Å². The summed E-state index contributed by atoms with van der Waals surface area (Å²) in [6.07, 6.45) is 1.52. The molecule has 16 heavy (non-hydrogen) atoms. The van der Waals surface area contributed by atoms with Gasteiger partial charge in [0.25, 0.3) is 0 Å². The first kappa shape index (κ1) is 11.0. The highest BCUT2D eigenvalue weighted by Gasteiger charge is 2.23. The maximum absolute atomic E-state index is 11.8. The molecule has 0 aromatic heterocycles. The molecule has 1 aliphatic heterocycles. The van der Waals surface area contributed by atoms with Crippen LogP contribution in [0, 0.1) is 0 Å². The van der Waals surface area contributed by atoms with Crippen LogP contribution >= 0.6 is 11.8 Å². The number of benzene rings is 1. The smallest absolute Gasteiger partial charge is 0.237 e. The van der Waals surface area contributed by atoms with Gasteiger partial charge in [0.05, 0.1) is 10.8 Å². The number of hydrogen-bond donors (Lipinski definition) is 0. The molecule has 1 amide bonds. The van der Waals surface area contributed by atoms with E-state index in [2.05, 4.69) is 0 Å². The second-order valence-corrected chi connectivity index (χ2v) is 4.45. The van der Waals surface area contributed by atoms with Gasteiger partial charge in [-0.25, -0.2) is 0 Å². The van der Waals surface area contributed by atoms with Crippen LogP contribution in [-0.4, -0.2) is 29.4 Å². The molecular weight excluding hydrogens is 222 g/mol. The molecule has 2 rings (SSSR count). The predicted molar refractivity (Wildman–Crippen MR) is 64.1 cm³/mol. The third-order valence-electron chi connectivity index (χ3n) is 2.36. The number of carbonyl (C=O) groups excluding carboxylic acids is 2. The van der Waals surface area contributed by atoms with Crippen LogP contribution in [0.15, 0.2) is 41.4 Å². The Morgan fingerprint density at radius 3 is 2.62 bits per heavy atom. The molecule has 0 bridgehead atoms. The van der Waals surface area contributed by atoms with Crippen molar-refractivity contribution in [3.63, 3.8) is 0 Å². The van der Waals surface area contributed by atoms with Crippen molar-refractivity contribution in [1.82, 2.24) is 4.90 Å². The number of allylic oxidation sites excluding steroid dienone is 1. The van der Waals surface area contributed by atoms with Crippen LogP contribution in [0.4, 0.5) is 0 Å². The minimum Gasteiger partial charge on any atom is -0.309 e. The van der Waals surface area contributed by atoms with Gasteiger partial charge < -0.3 is 4.90 Å². The topological polar surface area (TPSA) is 37.4 Å². The van der Waals surface area contributed by atoms with Crippen molar-refractivity contribution in [1.29, 1.82) is 0 Å².